The minimum Gasteiger partial charge on any atom is -0.354 e. The number of aryl methyl sites for hydroxylation is 1. The Hall–Kier alpha value is -1.88. The van der Waals surface area contributed by atoms with Crippen LogP contribution in [0.2, 0.25) is 0 Å². The first-order valence-electron chi connectivity index (χ1n) is 8.75. The third-order valence-electron chi connectivity index (χ3n) is 4.50. The van der Waals surface area contributed by atoms with Gasteiger partial charge >= 0.3 is 0 Å². The second kappa shape index (κ2) is 8.29. The molecule has 1 aliphatic rings. The summed E-state index contributed by atoms with van der Waals surface area (Å²) in [7, 11) is 1.84. The van der Waals surface area contributed by atoms with Gasteiger partial charge in [-0.2, -0.15) is 0 Å². The lowest BCUT2D eigenvalue weighted by Gasteiger charge is -2.24. The first kappa shape index (κ1) is 17.0. The quantitative estimate of drug-likeness (QED) is 0.649. The standard InChI is InChI=1S/C19H26N4S/c1-14-17(24-18(22-14)15-9-5-3-6-10-15)13-21-19(20-2)23-16-11-7-4-8-12-16/h3,5-6,9-10,16H,4,7-8,11-13H2,1-2H3,(H2,20,21,23). The average molecular weight is 343 g/mol. The van der Waals surface area contributed by atoms with E-state index in [1.54, 1.807) is 11.3 Å². The van der Waals surface area contributed by atoms with Crippen molar-refractivity contribution in [3.63, 3.8) is 0 Å². The number of benzene rings is 1. The van der Waals surface area contributed by atoms with Crippen LogP contribution in [0.15, 0.2) is 35.3 Å². The van der Waals surface area contributed by atoms with Crippen LogP contribution in [-0.4, -0.2) is 24.0 Å². The van der Waals surface area contributed by atoms with Crippen molar-refractivity contribution in [1.29, 1.82) is 0 Å². The van der Waals surface area contributed by atoms with Crippen molar-refractivity contribution in [2.24, 2.45) is 4.99 Å². The maximum Gasteiger partial charge on any atom is 0.191 e. The molecule has 3 rings (SSSR count). The number of guanidine groups is 1. The second-order valence-electron chi connectivity index (χ2n) is 6.30. The predicted octanol–water partition coefficient (Wildman–Crippen LogP) is 4.12. The number of thiazole rings is 1. The molecule has 0 saturated heterocycles. The van der Waals surface area contributed by atoms with E-state index in [1.165, 1.54) is 42.5 Å². The zero-order valence-corrected chi connectivity index (χ0v) is 15.3. The molecule has 0 radical (unpaired) electrons. The van der Waals surface area contributed by atoms with Gasteiger partial charge in [0.15, 0.2) is 5.96 Å². The number of aliphatic imine (C=N–C) groups is 1. The van der Waals surface area contributed by atoms with Gasteiger partial charge in [0.1, 0.15) is 5.01 Å². The summed E-state index contributed by atoms with van der Waals surface area (Å²) >= 11 is 1.75. The van der Waals surface area contributed by atoms with Crippen LogP contribution in [0, 0.1) is 6.92 Å². The van der Waals surface area contributed by atoms with E-state index in [-0.39, 0.29) is 0 Å². The SMILES string of the molecule is CN=C(NCc1sc(-c2ccccc2)nc1C)NC1CCCCC1. The van der Waals surface area contributed by atoms with Crippen LogP contribution in [0.5, 0.6) is 0 Å². The third kappa shape index (κ3) is 4.35. The number of rotatable bonds is 4. The molecule has 1 saturated carbocycles. The highest BCUT2D eigenvalue weighted by Gasteiger charge is 2.15. The van der Waals surface area contributed by atoms with E-state index in [2.05, 4.69) is 46.8 Å². The van der Waals surface area contributed by atoms with Gasteiger partial charge in [0, 0.05) is 23.5 Å². The minimum absolute atomic E-state index is 0.562. The lowest BCUT2D eigenvalue weighted by Crippen LogP contribution is -2.43. The average Bonchev–Trinajstić information content (AvgIpc) is 3.01. The normalized spacial score (nSPS) is 16.2. The van der Waals surface area contributed by atoms with Crippen LogP contribution in [0.1, 0.15) is 42.7 Å². The van der Waals surface area contributed by atoms with E-state index in [0.717, 1.165) is 23.2 Å². The summed E-state index contributed by atoms with van der Waals surface area (Å²) < 4.78 is 0. The number of nitrogens with zero attached hydrogens (tertiary/aromatic N) is 2. The van der Waals surface area contributed by atoms with E-state index in [1.807, 2.05) is 13.1 Å². The van der Waals surface area contributed by atoms with Crippen molar-refractivity contribution in [2.45, 2.75) is 51.6 Å². The fourth-order valence-corrected chi connectivity index (χ4v) is 4.10. The van der Waals surface area contributed by atoms with E-state index in [4.69, 9.17) is 4.98 Å². The highest BCUT2D eigenvalue weighted by atomic mass is 32.1. The summed E-state index contributed by atoms with van der Waals surface area (Å²) in [5.74, 6) is 0.899. The van der Waals surface area contributed by atoms with Gasteiger partial charge in [-0.1, -0.05) is 49.6 Å². The van der Waals surface area contributed by atoms with Crippen LogP contribution in [0.3, 0.4) is 0 Å². The molecule has 1 fully saturated rings. The van der Waals surface area contributed by atoms with E-state index in [9.17, 15) is 0 Å². The van der Waals surface area contributed by atoms with E-state index in [0.29, 0.717) is 6.04 Å². The fourth-order valence-electron chi connectivity index (χ4n) is 3.10. The second-order valence-corrected chi connectivity index (χ2v) is 7.38. The Morgan fingerprint density at radius 3 is 2.67 bits per heavy atom. The van der Waals surface area contributed by atoms with Gasteiger partial charge in [0.2, 0.25) is 0 Å². The molecule has 0 bridgehead atoms. The maximum atomic E-state index is 4.72. The Labute approximate surface area is 148 Å². The molecule has 2 N–H and O–H groups in total. The maximum absolute atomic E-state index is 4.72. The smallest absolute Gasteiger partial charge is 0.191 e. The first-order valence-corrected chi connectivity index (χ1v) is 9.57. The van der Waals surface area contributed by atoms with Gasteiger partial charge in [-0.25, -0.2) is 4.98 Å². The van der Waals surface area contributed by atoms with Crippen LogP contribution in [-0.2, 0) is 6.54 Å². The van der Waals surface area contributed by atoms with Crippen molar-refractivity contribution in [3.05, 3.63) is 40.9 Å². The Kier molecular flexibility index (Phi) is 5.86. The molecular formula is C19H26N4S. The van der Waals surface area contributed by atoms with Crippen molar-refractivity contribution in [1.82, 2.24) is 15.6 Å². The van der Waals surface area contributed by atoms with Crippen molar-refractivity contribution < 1.29 is 0 Å². The lowest BCUT2D eigenvalue weighted by atomic mass is 9.96. The molecule has 24 heavy (non-hydrogen) atoms. The highest BCUT2D eigenvalue weighted by Crippen LogP contribution is 2.27. The summed E-state index contributed by atoms with van der Waals surface area (Å²) in [5, 5.41) is 8.09. The Morgan fingerprint density at radius 1 is 1.21 bits per heavy atom. The summed E-state index contributed by atoms with van der Waals surface area (Å²) in [4.78, 5) is 10.4. The van der Waals surface area contributed by atoms with Crippen molar-refractivity contribution in [3.8, 4) is 10.6 Å². The van der Waals surface area contributed by atoms with Crippen LogP contribution in [0.4, 0.5) is 0 Å². The third-order valence-corrected chi connectivity index (χ3v) is 5.71. The molecule has 0 aliphatic heterocycles. The van der Waals surface area contributed by atoms with Crippen molar-refractivity contribution >= 4 is 17.3 Å². The number of hydrogen-bond acceptors (Lipinski definition) is 3. The molecule has 1 aromatic heterocycles. The van der Waals surface area contributed by atoms with Gasteiger partial charge in [-0.05, 0) is 19.8 Å². The summed E-state index contributed by atoms with van der Waals surface area (Å²) in [6.45, 7) is 2.85. The van der Waals surface area contributed by atoms with E-state index >= 15 is 0 Å². The number of hydrogen-bond donors (Lipinski definition) is 2. The number of aromatic nitrogens is 1. The van der Waals surface area contributed by atoms with Crippen molar-refractivity contribution in [2.75, 3.05) is 7.05 Å². The molecule has 0 amide bonds. The summed E-state index contributed by atoms with van der Waals surface area (Å²) in [5.41, 5.74) is 2.28. The van der Waals surface area contributed by atoms with Gasteiger partial charge in [0.05, 0.1) is 12.2 Å². The molecule has 5 heteroatoms. The Bertz CT molecular complexity index is 672. The largest absolute Gasteiger partial charge is 0.354 e. The van der Waals surface area contributed by atoms with Crippen LogP contribution in [0.25, 0.3) is 10.6 Å². The molecule has 4 nitrogen and oxygen atoms in total. The topological polar surface area (TPSA) is 49.3 Å². The molecule has 0 unspecified atom stereocenters. The predicted molar refractivity (Wildman–Crippen MR) is 102 cm³/mol. The monoisotopic (exact) mass is 342 g/mol. The Morgan fingerprint density at radius 2 is 1.96 bits per heavy atom. The molecule has 1 heterocycles. The van der Waals surface area contributed by atoms with E-state index < -0.39 is 0 Å². The Balaban J connectivity index is 1.60. The molecule has 0 spiro atoms. The zero-order chi connectivity index (χ0) is 16.8. The molecule has 1 aromatic carbocycles. The van der Waals surface area contributed by atoms with Gasteiger partial charge < -0.3 is 10.6 Å². The van der Waals surface area contributed by atoms with Gasteiger partial charge in [-0.3, -0.25) is 4.99 Å². The van der Waals surface area contributed by atoms with Crippen LogP contribution < -0.4 is 10.6 Å². The highest BCUT2D eigenvalue weighted by molar-refractivity contribution is 7.15. The molecular weight excluding hydrogens is 316 g/mol. The molecule has 128 valence electrons. The van der Waals surface area contributed by atoms with Gasteiger partial charge in [0.25, 0.3) is 0 Å². The summed E-state index contributed by atoms with van der Waals surface area (Å²) in [6.07, 6.45) is 6.51. The zero-order valence-electron chi connectivity index (χ0n) is 14.5. The van der Waals surface area contributed by atoms with Gasteiger partial charge in [-0.15, -0.1) is 11.3 Å². The van der Waals surface area contributed by atoms with Crippen LogP contribution >= 0.6 is 11.3 Å². The summed E-state index contributed by atoms with van der Waals surface area (Å²) in [6, 6.07) is 10.9. The molecule has 1 aliphatic carbocycles. The number of nitrogens with one attached hydrogen (secondary N) is 2. The first-order chi connectivity index (χ1) is 11.8. The molecule has 2 aromatic rings. The molecule has 0 atom stereocenters. The lowest BCUT2D eigenvalue weighted by molar-refractivity contribution is 0.410. The minimum atomic E-state index is 0.562. The fraction of sp³-hybridized carbons (Fsp3) is 0.474.